The van der Waals surface area contributed by atoms with Gasteiger partial charge in [-0.1, -0.05) is 24.3 Å². The van der Waals surface area contributed by atoms with Crippen LogP contribution in [0.15, 0.2) is 48.5 Å². The van der Waals surface area contributed by atoms with E-state index in [0.717, 1.165) is 22.6 Å². The molecule has 2 aromatic carbocycles. The second-order valence-corrected chi connectivity index (χ2v) is 4.63. The number of ether oxygens (including phenoxy) is 3. The van der Waals surface area contributed by atoms with Gasteiger partial charge in [-0.15, -0.1) is 0 Å². The molecule has 0 saturated heterocycles. The van der Waals surface area contributed by atoms with E-state index >= 15 is 0 Å². The van der Waals surface area contributed by atoms with E-state index < -0.39 is 0 Å². The van der Waals surface area contributed by atoms with Crippen LogP contribution in [-0.2, 0) is 17.9 Å². The predicted molar refractivity (Wildman–Crippen MR) is 82.5 cm³/mol. The molecule has 0 spiro atoms. The highest BCUT2D eigenvalue weighted by molar-refractivity contribution is 5.28. The summed E-state index contributed by atoms with van der Waals surface area (Å²) < 4.78 is 16.4. The van der Waals surface area contributed by atoms with E-state index in [1.807, 2.05) is 48.5 Å². The van der Waals surface area contributed by atoms with E-state index in [4.69, 9.17) is 19.9 Å². The Bertz CT molecular complexity index is 540. The lowest BCUT2D eigenvalue weighted by atomic mass is 10.2. The van der Waals surface area contributed by atoms with E-state index in [1.54, 1.807) is 7.11 Å². The Balaban J connectivity index is 1.74. The molecule has 0 saturated carbocycles. The van der Waals surface area contributed by atoms with Gasteiger partial charge in [-0.25, -0.2) is 0 Å². The van der Waals surface area contributed by atoms with Crippen molar-refractivity contribution in [3.05, 3.63) is 59.7 Å². The smallest absolute Gasteiger partial charge is 0.122 e. The third-order valence-corrected chi connectivity index (χ3v) is 2.99. The molecule has 0 unspecified atom stereocenters. The molecule has 0 fully saturated rings. The molecule has 0 aliphatic carbocycles. The average Bonchev–Trinajstić information content (AvgIpc) is 2.53. The van der Waals surface area contributed by atoms with E-state index in [-0.39, 0.29) is 0 Å². The summed E-state index contributed by atoms with van der Waals surface area (Å²) in [6, 6.07) is 15.6. The highest BCUT2D eigenvalue weighted by Crippen LogP contribution is 2.15. The molecule has 2 aromatic rings. The molecule has 4 heteroatoms. The van der Waals surface area contributed by atoms with Gasteiger partial charge in [0.15, 0.2) is 0 Å². The zero-order chi connectivity index (χ0) is 14.9. The number of rotatable bonds is 8. The second kappa shape index (κ2) is 8.29. The molecule has 2 rings (SSSR count). The van der Waals surface area contributed by atoms with Crippen LogP contribution in [-0.4, -0.2) is 20.3 Å². The van der Waals surface area contributed by atoms with Crippen LogP contribution >= 0.6 is 0 Å². The van der Waals surface area contributed by atoms with Gasteiger partial charge in [0.05, 0.1) is 6.61 Å². The highest BCUT2D eigenvalue weighted by Gasteiger charge is 1.98. The van der Waals surface area contributed by atoms with Crippen LogP contribution in [0.5, 0.6) is 11.5 Å². The van der Waals surface area contributed by atoms with Gasteiger partial charge in [0, 0.05) is 13.7 Å². The third kappa shape index (κ3) is 5.10. The van der Waals surface area contributed by atoms with Crippen molar-refractivity contribution in [1.82, 2.24) is 0 Å². The fourth-order valence-corrected chi connectivity index (χ4v) is 1.93. The minimum absolute atomic E-state index is 0.495. The van der Waals surface area contributed by atoms with E-state index in [0.29, 0.717) is 26.4 Å². The van der Waals surface area contributed by atoms with Crippen LogP contribution in [0.4, 0.5) is 0 Å². The van der Waals surface area contributed by atoms with Crippen molar-refractivity contribution < 1.29 is 14.2 Å². The molecule has 0 bridgehead atoms. The molecular formula is C17H21NO3. The van der Waals surface area contributed by atoms with Gasteiger partial charge in [0.25, 0.3) is 0 Å². The summed E-state index contributed by atoms with van der Waals surface area (Å²) in [7, 11) is 1.68. The van der Waals surface area contributed by atoms with Gasteiger partial charge in [-0.05, 0) is 35.4 Å². The molecule has 112 valence electrons. The quantitative estimate of drug-likeness (QED) is 0.759. The first-order valence-corrected chi connectivity index (χ1v) is 6.94. The lowest BCUT2D eigenvalue weighted by Crippen LogP contribution is -2.09. The lowest BCUT2D eigenvalue weighted by molar-refractivity contribution is 0.184. The molecule has 0 aliphatic heterocycles. The zero-order valence-electron chi connectivity index (χ0n) is 12.2. The summed E-state index contributed by atoms with van der Waals surface area (Å²) in [6.45, 7) is 2.12. The maximum atomic E-state index is 5.66. The number of hydrogen-bond donors (Lipinski definition) is 1. The van der Waals surface area contributed by atoms with Gasteiger partial charge < -0.3 is 19.9 Å². The second-order valence-electron chi connectivity index (χ2n) is 4.63. The maximum absolute atomic E-state index is 5.66. The molecule has 0 aliphatic rings. The Morgan fingerprint density at radius 3 is 2.24 bits per heavy atom. The summed E-state index contributed by atoms with van der Waals surface area (Å²) in [4.78, 5) is 0. The van der Waals surface area contributed by atoms with Gasteiger partial charge in [0.2, 0.25) is 0 Å². The van der Waals surface area contributed by atoms with Crippen molar-refractivity contribution in [3.8, 4) is 11.5 Å². The van der Waals surface area contributed by atoms with Crippen molar-refractivity contribution in [3.63, 3.8) is 0 Å². The molecule has 0 radical (unpaired) electrons. The number of benzene rings is 2. The summed E-state index contributed by atoms with van der Waals surface area (Å²) in [5.74, 6) is 1.65. The standard InChI is InChI=1S/C17H21NO3/c1-19-13-15-3-2-4-17(11-15)21-10-9-20-16-7-5-14(12-18)6-8-16/h2-8,11H,9-10,12-13,18H2,1H3. The Kier molecular flexibility index (Phi) is 6.06. The third-order valence-electron chi connectivity index (χ3n) is 2.99. The topological polar surface area (TPSA) is 53.7 Å². The first-order valence-electron chi connectivity index (χ1n) is 6.94. The maximum Gasteiger partial charge on any atom is 0.122 e. The normalized spacial score (nSPS) is 10.4. The predicted octanol–water partition coefficient (Wildman–Crippen LogP) is 2.75. The molecule has 0 amide bonds. The van der Waals surface area contributed by atoms with Crippen LogP contribution in [0.1, 0.15) is 11.1 Å². The Morgan fingerprint density at radius 2 is 1.57 bits per heavy atom. The van der Waals surface area contributed by atoms with E-state index in [1.165, 1.54) is 0 Å². The van der Waals surface area contributed by atoms with Crippen LogP contribution in [0.2, 0.25) is 0 Å². The average molecular weight is 287 g/mol. The lowest BCUT2D eigenvalue weighted by Gasteiger charge is -2.09. The SMILES string of the molecule is COCc1cccc(OCCOc2ccc(CN)cc2)c1. The minimum Gasteiger partial charge on any atom is -0.490 e. The van der Waals surface area contributed by atoms with Gasteiger partial charge in [-0.3, -0.25) is 0 Å². The molecular weight excluding hydrogens is 266 g/mol. The van der Waals surface area contributed by atoms with Crippen molar-refractivity contribution in [1.29, 1.82) is 0 Å². The van der Waals surface area contributed by atoms with Gasteiger partial charge in [0.1, 0.15) is 24.7 Å². The summed E-state index contributed by atoms with van der Waals surface area (Å²) in [5.41, 5.74) is 7.73. The molecule has 4 nitrogen and oxygen atoms in total. The first-order chi connectivity index (χ1) is 10.3. The Morgan fingerprint density at radius 1 is 0.857 bits per heavy atom. The fraction of sp³-hybridized carbons (Fsp3) is 0.294. The van der Waals surface area contributed by atoms with E-state index in [2.05, 4.69) is 0 Å². The van der Waals surface area contributed by atoms with Crippen LogP contribution in [0.25, 0.3) is 0 Å². The van der Waals surface area contributed by atoms with Crippen molar-refractivity contribution >= 4 is 0 Å². The summed E-state index contributed by atoms with van der Waals surface area (Å²) in [5, 5.41) is 0. The zero-order valence-corrected chi connectivity index (χ0v) is 12.2. The number of methoxy groups -OCH3 is 1. The van der Waals surface area contributed by atoms with Crippen molar-refractivity contribution in [2.24, 2.45) is 5.73 Å². The molecule has 0 aromatic heterocycles. The molecule has 21 heavy (non-hydrogen) atoms. The Labute approximate surface area is 125 Å². The van der Waals surface area contributed by atoms with Crippen LogP contribution in [0.3, 0.4) is 0 Å². The summed E-state index contributed by atoms with van der Waals surface area (Å²) >= 11 is 0. The monoisotopic (exact) mass is 287 g/mol. The highest BCUT2D eigenvalue weighted by atomic mass is 16.5. The number of nitrogens with two attached hydrogens (primary N) is 1. The van der Waals surface area contributed by atoms with Gasteiger partial charge in [-0.2, -0.15) is 0 Å². The van der Waals surface area contributed by atoms with Crippen LogP contribution < -0.4 is 15.2 Å². The molecule has 0 heterocycles. The largest absolute Gasteiger partial charge is 0.490 e. The summed E-state index contributed by atoms with van der Waals surface area (Å²) in [6.07, 6.45) is 0. The fourth-order valence-electron chi connectivity index (χ4n) is 1.93. The van der Waals surface area contributed by atoms with Gasteiger partial charge >= 0.3 is 0 Å². The minimum atomic E-state index is 0.495. The van der Waals surface area contributed by atoms with E-state index in [9.17, 15) is 0 Å². The van der Waals surface area contributed by atoms with Crippen LogP contribution in [0, 0.1) is 0 Å². The number of hydrogen-bond acceptors (Lipinski definition) is 4. The molecule has 2 N–H and O–H groups in total. The first kappa shape index (κ1) is 15.4. The molecule has 0 atom stereocenters. The Hall–Kier alpha value is -2.04. The van der Waals surface area contributed by atoms with Crippen molar-refractivity contribution in [2.45, 2.75) is 13.2 Å². The van der Waals surface area contributed by atoms with Crippen molar-refractivity contribution in [2.75, 3.05) is 20.3 Å².